The number of benzene rings is 2. The summed E-state index contributed by atoms with van der Waals surface area (Å²) >= 11 is 0. The van der Waals surface area contributed by atoms with Crippen molar-refractivity contribution in [3.63, 3.8) is 0 Å². The van der Waals surface area contributed by atoms with Gasteiger partial charge in [-0.15, -0.1) is 10.2 Å². The van der Waals surface area contributed by atoms with Gasteiger partial charge in [0.2, 0.25) is 5.75 Å². The maximum atomic E-state index is 11.2. The number of methoxy groups -OCH3 is 4. The third-order valence-electron chi connectivity index (χ3n) is 5.45. The Balaban J connectivity index is 1.84. The van der Waals surface area contributed by atoms with E-state index in [9.17, 15) is 10.1 Å². The van der Waals surface area contributed by atoms with Crippen LogP contribution in [0, 0.1) is 10.1 Å². The number of ether oxygens (including phenoxy) is 5. The third kappa shape index (κ3) is 4.33. The first-order valence-corrected chi connectivity index (χ1v) is 10.3. The maximum absolute atomic E-state index is 11.2. The molecule has 0 radical (unpaired) electrons. The van der Waals surface area contributed by atoms with Crippen molar-refractivity contribution in [1.29, 1.82) is 0 Å². The zero-order valence-corrected chi connectivity index (χ0v) is 19.8. The number of nitrogens with zero attached hydrogens (tertiary/aromatic N) is 5. The minimum Gasteiger partial charge on any atom is -0.497 e. The summed E-state index contributed by atoms with van der Waals surface area (Å²) in [5.74, 6) is 1.98. The van der Waals surface area contributed by atoms with E-state index in [0.717, 1.165) is 5.56 Å². The highest BCUT2D eigenvalue weighted by molar-refractivity contribution is 5.93. The van der Waals surface area contributed by atoms with E-state index in [2.05, 4.69) is 15.2 Å². The molecule has 0 N–H and O–H groups in total. The molecule has 1 aliphatic rings. The van der Waals surface area contributed by atoms with E-state index < -0.39 is 4.92 Å². The van der Waals surface area contributed by atoms with E-state index in [1.54, 1.807) is 38.4 Å². The van der Waals surface area contributed by atoms with E-state index in [-0.39, 0.29) is 12.6 Å². The van der Waals surface area contributed by atoms with Crippen LogP contribution in [-0.2, 0) is 18.4 Å². The molecular weight excluding hydrogens is 458 g/mol. The summed E-state index contributed by atoms with van der Waals surface area (Å²) in [6.45, 7) is -0.0200. The van der Waals surface area contributed by atoms with E-state index in [4.69, 9.17) is 23.7 Å². The molecule has 35 heavy (non-hydrogen) atoms. The molecule has 3 aromatic rings. The molecule has 2 aromatic carbocycles. The summed E-state index contributed by atoms with van der Waals surface area (Å²) in [5.41, 5.74) is 2.88. The van der Waals surface area contributed by atoms with Gasteiger partial charge in [-0.25, -0.2) is 4.57 Å². The van der Waals surface area contributed by atoms with Crippen LogP contribution in [0.25, 0.3) is 11.5 Å². The summed E-state index contributed by atoms with van der Waals surface area (Å²) in [5, 5.41) is 19.8. The molecule has 0 spiro atoms. The lowest BCUT2D eigenvalue weighted by atomic mass is 10.0. The number of imidazole rings is 1. The highest BCUT2D eigenvalue weighted by Crippen LogP contribution is 2.45. The van der Waals surface area contributed by atoms with Crippen LogP contribution in [0.1, 0.15) is 16.8 Å². The second-order valence-electron chi connectivity index (χ2n) is 7.33. The summed E-state index contributed by atoms with van der Waals surface area (Å²) in [4.78, 5) is 14.5. The second-order valence-corrected chi connectivity index (χ2v) is 7.33. The number of fused-ring (bicyclic) bond motifs is 1. The van der Waals surface area contributed by atoms with Gasteiger partial charge in [0, 0.05) is 17.2 Å². The normalized spacial score (nSPS) is 13.3. The number of rotatable bonds is 9. The van der Waals surface area contributed by atoms with Crippen LogP contribution in [0.5, 0.6) is 23.0 Å². The monoisotopic (exact) mass is 481 g/mol. The number of hydrogen-bond donors (Lipinski definition) is 0. The molecule has 1 aliphatic heterocycles. The molecule has 0 unspecified atom stereocenters. The lowest BCUT2D eigenvalue weighted by molar-refractivity contribution is -0.396. The van der Waals surface area contributed by atoms with Gasteiger partial charge in [-0.1, -0.05) is 4.98 Å². The average Bonchev–Trinajstić information content (AvgIpc) is 3.46. The van der Waals surface area contributed by atoms with Gasteiger partial charge >= 0.3 is 5.95 Å². The average molecular weight is 481 g/mol. The fraction of sp³-hybridized carbons (Fsp3) is 0.261. The van der Waals surface area contributed by atoms with Gasteiger partial charge in [0.05, 0.1) is 41.2 Å². The molecule has 1 aromatic heterocycles. The van der Waals surface area contributed by atoms with Crippen molar-refractivity contribution >= 4 is 23.1 Å². The summed E-state index contributed by atoms with van der Waals surface area (Å²) < 4.78 is 29.3. The molecular formula is C23H23N5O7. The van der Waals surface area contributed by atoms with Crippen LogP contribution in [0.15, 0.2) is 46.8 Å². The molecule has 0 saturated heterocycles. The van der Waals surface area contributed by atoms with E-state index >= 15 is 0 Å². The Morgan fingerprint density at radius 1 is 1.00 bits per heavy atom. The molecule has 2 heterocycles. The molecule has 4 rings (SSSR count). The Morgan fingerprint density at radius 2 is 1.71 bits per heavy atom. The van der Waals surface area contributed by atoms with Gasteiger partial charge in [-0.3, -0.25) is 0 Å². The smallest absolute Gasteiger partial charge is 0.434 e. The van der Waals surface area contributed by atoms with E-state index in [1.807, 2.05) is 6.07 Å². The first-order valence-electron chi connectivity index (χ1n) is 10.3. The van der Waals surface area contributed by atoms with Crippen LogP contribution in [0.4, 0.5) is 11.6 Å². The van der Waals surface area contributed by atoms with Gasteiger partial charge in [-0.05, 0) is 29.2 Å². The fourth-order valence-electron chi connectivity index (χ4n) is 3.63. The predicted octanol–water partition coefficient (Wildman–Crippen LogP) is 4.50. The standard InChI is InChI=1S/C23H23N5O7/c1-27-14(11-24-23(27)28(29)30)12-35-21(13-8-18(32-3)22(34-5)19(9-13)33-4)20-16-7-6-15(31-2)10-17(16)25-26-20/h6-11H,12H2,1-5H3. The van der Waals surface area contributed by atoms with Gasteiger partial charge in [0.25, 0.3) is 0 Å². The van der Waals surface area contributed by atoms with Crippen LogP contribution >= 0.6 is 0 Å². The van der Waals surface area contributed by atoms with E-state index in [0.29, 0.717) is 51.4 Å². The zero-order chi connectivity index (χ0) is 25.1. The molecule has 0 aliphatic carbocycles. The topological polar surface area (TPSA) is 132 Å². The van der Waals surface area contributed by atoms with Gasteiger partial charge in [0.15, 0.2) is 23.0 Å². The molecule has 0 bridgehead atoms. The molecule has 0 saturated carbocycles. The molecule has 12 nitrogen and oxygen atoms in total. The minimum atomic E-state index is -0.559. The van der Waals surface area contributed by atoms with Crippen molar-refractivity contribution < 1.29 is 28.6 Å². The van der Waals surface area contributed by atoms with Crippen LogP contribution in [0.2, 0.25) is 0 Å². The van der Waals surface area contributed by atoms with Crippen molar-refractivity contribution in [2.75, 3.05) is 28.4 Å². The molecule has 0 atom stereocenters. The van der Waals surface area contributed by atoms with Crippen molar-refractivity contribution in [2.24, 2.45) is 17.3 Å². The largest absolute Gasteiger partial charge is 0.497 e. The number of aromatic nitrogens is 2. The Hall–Kier alpha value is -4.61. The SMILES string of the molecule is COc1ccc2c(c1)N=NC2=C(OCc1cnc([N+](=O)[O-])n1C)c1cc(OC)c(OC)c(OC)c1. The van der Waals surface area contributed by atoms with E-state index in [1.165, 1.54) is 32.1 Å². The highest BCUT2D eigenvalue weighted by atomic mass is 16.6. The number of hydrogen-bond acceptors (Lipinski definition) is 10. The Kier molecular flexibility index (Phi) is 6.53. The number of nitro groups is 1. The predicted molar refractivity (Wildman–Crippen MR) is 125 cm³/mol. The van der Waals surface area contributed by atoms with Gasteiger partial charge in [-0.2, -0.15) is 0 Å². The van der Waals surface area contributed by atoms with Crippen LogP contribution < -0.4 is 18.9 Å². The molecule has 0 amide bonds. The summed E-state index contributed by atoms with van der Waals surface area (Å²) in [7, 11) is 7.66. The first-order chi connectivity index (χ1) is 16.9. The van der Waals surface area contributed by atoms with Crippen LogP contribution in [-0.4, -0.2) is 42.9 Å². The first kappa shape index (κ1) is 23.5. The molecule has 182 valence electrons. The molecule has 0 fully saturated rings. The molecule has 12 heteroatoms. The lowest BCUT2D eigenvalue weighted by Crippen LogP contribution is -2.05. The summed E-state index contributed by atoms with van der Waals surface area (Å²) in [6, 6.07) is 8.86. The van der Waals surface area contributed by atoms with Gasteiger partial charge in [0.1, 0.15) is 24.3 Å². The Bertz CT molecular complexity index is 1320. The number of azo groups is 1. The fourth-order valence-corrected chi connectivity index (χ4v) is 3.63. The van der Waals surface area contributed by atoms with Crippen LogP contribution in [0.3, 0.4) is 0 Å². The highest BCUT2D eigenvalue weighted by Gasteiger charge is 2.26. The Morgan fingerprint density at radius 3 is 2.29 bits per heavy atom. The summed E-state index contributed by atoms with van der Waals surface area (Å²) in [6.07, 6.45) is 1.39. The zero-order valence-electron chi connectivity index (χ0n) is 19.8. The lowest BCUT2D eigenvalue weighted by Gasteiger charge is -2.17. The van der Waals surface area contributed by atoms with Crippen molar-refractivity contribution in [3.05, 3.63) is 63.5 Å². The van der Waals surface area contributed by atoms with Gasteiger partial charge < -0.3 is 33.8 Å². The van der Waals surface area contributed by atoms with Crippen molar-refractivity contribution in [3.8, 4) is 23.0 Å². The third-order valence-corrected chi connectivity index (χ3v) is 5.45. The van der Waals surface area contributed by atoms with Crippen molar-refractivity contribution in [2.45, 2.75) is 6.61 Å². The maximum Gasteiger partial charge on any atom is 0.434 e. The quantitative estimate of drug-likeness (QED) is 0.248. The Labute approximate surface area is 200 Å². The minimum absolute atomic E-state index is 0.0200. The second kappa shape index (κ2) is 9.71. The van der Waals surface area contributed by atoms with Crippen molar-refractivity contribution in [1.82, 2.24) is 9.55 Å².